The van der Waals surface area contributed by atoms with Gasteiger partial charge in [-0.15, -0.1) is 5.10 Å². The van der Waals surface area contributed by atoms with Crippen LogP contribution >= 0.6 is 0 Å². The maximum Gasteiger partial charge on any atom is 0.188 e. The molecule has 0 spiro atoms. The van der Waals surface area contributed by atoms with Crippen molar-refractivity contribution in [2.45, 2.75) is 12.8 Å². The van der Waals surface area contributed by atoms with Crippen LogP contribution < -0.4 is 0 Å². The van der Waals surface area contributed by atoms with E-state index in [0.717, 1.165) is 18.4 Å². The van der Waals surface area contributed by atoms with E-state index in [4.69, 9.17) is 0 Å². The van der Waals surface area contributed by atoms with Gasteiger partial charge in [0.1, 0.15) is 5.69 Å². The molecule has 1 aromatic carbocycles. The van der Waals surface area contributed by atoms with E-state index >= 15 is 0 Å². The van der Waals surface area contributed by atoms with Gasteiger partial charge in [-0.05, 0) is 12.8 Å². The molecule has 1 saturated heterocycles. The van der Waals surface area contributed by atoms with Crippen LogP contribution in [0.5, 0.6) is 0 Å². The molecule has 1 fully saturated rings. The fourth-order valence-corrected chi connectivity index (χ4v) is 4.46. The minimum Gasteiger partial charge on any atom is -0.249 e. The molecule has 100 valence electrons. The monoisotopic (exact) mass is 276 g/mol. The average molecular weight is 276 g/mol. The summed E-state index contributed by atoms with van der Waals surface area (Å²) in [7, 11) is -0.318. The molecular weight excluding hydrogens is 260 g/mol. The lowest BCUT2D eigenvalue weighted by Gasteiger charge is -2.02. The molecule has 19 heavy (non-hydrogen) atoms. The Morgan fingerprint density at radius 1 is 1.21 bits per heavy atom. The van der Waals surface area contributed by atoms with Gasteiger partial charge in [0, 0.05) is 24.1 Å². The first-order valence-corrected chi connectivity index (χ1v) is 8.21. The molecule has 3 rings (SSSR count). The van der Waals surface area contributed by atoms with Gasteiger partial charge in [0.05, 0.1) is 9.73 Å². The van der Waals surface area contributed by atoms with Crippen molar-refractivity contribution in [1.82, 2.24) is 15.0 Å². The summed E-state index contributed by atoms with van der Waals surface area (Å²) < 4.78 is 18.6. The first-order chi connectivity index (χ1) is 9.18. The Morgan fingerprint density at radius 3 is 2.58 bits per heavy atom. The maximum absolute atomic E-state index is 12.6. The van der Waals surface area contributed by atoms with Gasteiger partial charge in [-0.3, -0.25) is 0 Å². The maximum atomic E-state index is 12.6. The highest BCUT2D eigenvalue weighted by Crippen LogP contribution is 2.29. The zero-order chi connectivity index (χ0) is 13.3. The molecule has 0 radical (unpaired) electrons. The lowest BCUT2D eigenvalue weighted by molar-refractivity contribution is 0.679. The van der Waals surface area contributed by atoms with Gasteiger partial charge in [0.25, 0.3) is 0 Å². The highest BCUT2D eigenvalue weighted by atomic mass is 32.2. The highest BCUT2D eigenvalue weighted by molar-refractivity contribution is 7.93. The van der Waals surface area contributed by atoms with Crippen LogP contribution in [0.1, 0.15) is 12.8 Å². The van der Waals surface area contributed by atoms with Crippen LogP contribution in [-0.2, 0) is 16.8 Å². The van der Waals surface area contributed by atoms with Crippen molar-refractivity contribution in [3.63, 3.8) is 0 Å². The Balaban J connectivity index is 2.13. The molecule has 0 amide bonds. The van der Waals surface area contributed by atoms with E-state index in [1.165, 1.54) is 0 Å². The molecule has 5 nitrogen and oxygen atoms in total. The van der Waals surface area contributed by atoms with Crippen molar-refractivity contribution >= 4 is 15.5 Å². The molecule has 0 atom stereocenters. The summed E-state index contributed by atoms with van der Waals surface area (Å²) in [6.07, 6.45) is 1.99. The van der Waals surface area contributed by atoms with E-state index in [9.17, 15) is 4.21 Å². The summed E-state index contributed by atoms with van der Waals surface area (Å²) in [4.78, 5) is 0. The van der Waals surface area contributed by atoms with Crippen molar-refractivity contribution in [3.05, 3.63) is 30.3 Å². The summed E-state index contributed by atoms with van der Waals surface area (Å²) in [5, 5.41) is 8.17. The lowest BCUT2D eigenvalue weighted by atomic mass is 10.1. The first-order valence-electron chi connectivity index (χ1n) is 6.36. The van der Waals surface area contributed by atoms with Crippen LogP contribution in [0.15, 0.2) is 34.7 Å². The second-order valence-electron chi connectivity index (χ2n) is 4.73. The van der Waals surface area contributed by atoms with Gasteiger partial charge in [-0.25, -0.2) is 8.89 Å². The summed E-state index contributed by atoms with van der Waals surface area (Å²) >= 11 is 0. The molecule has 0 unspecified atom stereocenters. The Labute approximate surface area is 112 Å². The number of benzene rings is 1. The fourth-order valence-electron chi connectivity index (χ4n) is 2.24. The standard InChI is InChI=1S/C13H16N4OS/c1-17-13(15-19(18)9-5-6-10-19)12(14-16-17)11-7-3-2-4-8-11/h2-4,7-8H,5-6,9-10H2,1H3. The Kier molecular flexibility index (Phi) is 3.10. The summed E-state index contributed by atoms with van der Waals surface area (Å²) in [5.74, 6) is 2.00. The number of nitrogens with zero attached hydrogens (tertiary/aromatic N) is 4. The predicted molar refractivity (Wildman–Crippen MR) is 75.6 cm³/mol. The van der Waals surface area contributed by atoms with Gasteiger partial charge >= 0.3 is 0 Å². The molecule has 1 aliphatic heterocycles. The van der Waals surface area contributed by atoms with Crippen LogP contribution in [0.4, 0.5) is 5.82 Å². The third-order valence-corrected chi connectivity index (χ3v) is 5.63. The molecular formula is C13H16N4OS. The molecule has 0 aliphatic carbocycles. The second kappa shape index (κ2) is 4.77. The van der Waals surface area contributed by atoms with Gasteiger partial charge < -0.3 is 0 Å². The third kappa shape index (κ3) is 2.40. The second-order valence-corrected chi connectivity index (χ2v) is 7.27. The number of rotatable bonds is 2. The van der Waals surface area contributed by atoms with Crippen LogP contribution in [0, 0.1) is 0 Å². The van der Waals surface area contributed by atoms with E-state index in [0.29, 0.717) is 23.0 Å². The molecule has 1 aliphatic rings. The molecule has 0 N–H and O–H groups in total. The van der Waals surface area contributed by atoms with Crippen LogP contribution in [0.3, 0.4) is 0 Å². The number of hydrogen-bond acceptors (Lipinski definition) is 4. The number of aromatic nitrogens is 3. The quantitative estimate of drug-likeness (QED) is 0.846. The Hall–Kier alpha value is -1.69. The Morgan fingerprint density at radius 2 is 1.89 bits per heavy atom. The summed E-state index contributed by atoms with van der Waals surface area (Å²) in [6.45, 7) is 0. The topological polar surface area (TPSA) is 60.1 Å². The first kappa shape index (κ1) is 12.3. The van der Waals surface area contributed by atoms with E-state index in [1.54, 1.807) is 11.7 Å². The van der Waals surface area contributed by atoms with Crippen LogP contribution in [0.25, 0.3) is 11.3 Å². The molecule has 6 heteroatoms. The molecule has 1 aromatic heterocycles. The molecule has 2 heterocycles. The van der Waals surface area contributed by atoms with Gasteiger partial charge in [-0.2, -0.15) is 4.36 Å². The normalized spacial score (nSPS) is 17.5. The smallest absolute Gasteiger partial charge is 0.188 e. The van der Waals surface area contributed by atoms with Crippen molar-refractivity contribution < 1.29 is 4.21 Å². The van der Waals surface area contributed by atoms with Gasteiger partial charge in [0.15, 0.2) is 5.82 Å². The minimum absolute atomic E-state index is 0.623. The summed E-state index contributed by atoms with van der Waals surface area (Å²) in [6, 6.07) is 9.77. The zero-order valence-electron chi connectivity index (χ0n) is 10.8. The van der Waals surface area contributed by atoms with Crippen molar-refractivity contribution in [1.29, 1.82) is 0 Å². The molecule has 0 saturated carbocycles. The predicted octanol–water partition coefficient (Wildman–Crippen LogP) is 2.38. The number of hydrogen-bond donors (Lipinski definition) is 0. The zero-order valence-corrected chi connectivity index (χ0v) is 11.6. The fraction of sp³-hybridized carbons (Fsp3) is 0.385. The van der Waals surface area contributed by atoms with Gasteiger partial charge in [0.2, 0.25) is 0 Å². The Bertz CT molecular complexity index is 687. The largest absolute Gasteiger partial charge is 0.249 e. The van der Waals surface area contributed by atoms with Crippen LogP contribution in [0.2, 0.25) is 0 Å². The van der Waals surface area contributed by atoms with E-state index in [2.05, 4.69) is 14.7 Å². The van der Waals surface area contributed by atoms with Crippen LogP contribution in [-0.4, -0.2) is 30.7 Å². The number of aryl methyl sites for hydroxylation is 1. The minimum atomic E-state index is -2.11. The van der Waals surface area contributed by atoms with E-state index < -0.39 is 9.73 Å². The van der Waals surface area contributed by atoms with E-state index in [-0.39, 0.29) is 0 Å². The highest BCUT2D eigenvalue weighted by Gasteiger charge is 2.20. The van der Waals surface area contributed by atoms with Crippen molar-refractivity contribution in [2.24, 2.45) is 11.4 Å². The average Bonchev–Trinajstić information content (AvgIpc) is 2.99. The SMILES string of the molecule is Cn1nnc(-c2ccccc2)c1N=S1(=O)CCCC1. The summed E-state index contributed by atoms with van der Waals surface area (Å²) in [5.41, 5.74) is 1.66. The third-order valence-electron chi connectivity index (χ3n) is 3.27. The van der Waals surface area contributed by atoms with Crippen molar-refractivity contribution in [3.8, 4) is 11.3 Å². The van der Waals surface area contributed by atoms with E-state index in [1.807, 2.05) is 30.3 Å². The molecule has 2 aromatic rings. The lowest BCUT2D eigenvalue weighted by Crippen LogP contribution is -2.01. The van der Waals surface area contributed by atoms with Gasteiger partial charge in [-0.1, -0.05) is 35.5 Å². The molecule has 0 bridgehead atoms. The van der Waals surface area contributed by atoms with Crippen molar-refractivity contribution in [2.75, 3.05) is 11.5 Å².